The van der Waals surface area contributed by atoms with E-state index < -0.39 is 4.92 Å². The zero-order chi connectivity index (χ0) is 14.6. The van der Waals surface area contributed by atoms with E-state index in [1.54, 1.807) is 12.1 Å². The van der Waals surface area contributed by atoms with Crippen LogP contribution in [-0.4, -0.2) is 18.6 Å². The van der Waals surface area contributed by atoms with E-state index in [-0.39, 0.29) is 16.9 Å². The number of ether oxygens (including phenoxy) is 1. The van der Waals surface area contributed by atoms with Gasteiger partial charge in [-0.15, -0.1) is 0 Å². The number of benzene rings is 1. The van der Waals surface area contributed by atoms with Crippen molar-refractivity contribution in [1.29, 1.82) is 0 Å². The molecule has 0 aromatic heterocycles. The number of nitro benzene ring substituents is 1. The summed E-state index contributed by atoms with van der Waals surface area (Å²) >= 11 is 0. The Morgan fingerprint density at radius 2 is 2.05 bits per heavy atom. The van der Waals surface area contributed by atoms with Crippen LogP contribution in [0.2, 0.25) is 0 Å². The molecule has 0 spiro atoms. The minimum absolute atomic E-state index is 0.0174. The van der Waals surface area contributed by atoms with Crippen LogP contribution >= 0.6 is 0 Å². The van der Waals surface area contributed by atoms with Crippen molar-refractivity contribution >= 4 is 11.4 Å². The van der Waals surface area contributed by atoms with E-state index in [0.29, 0.717) is 5.92 Å². The van der Waals surface area contributed by atoms with Crippen molar-refractivity contribution in [2.45, 2.75) is 27.7 Å². The lowest BCUT2D eigenvalue weighted by Crippen LogP contribution is -2.28. The fraction of sp³-hybridized carbons (Fsp3) is 0.571. The molecule has 0 atom stereocenters. The van der Waals surface area contributed by atoms with Gasteiger partial charge in [0, 0.05) is 24.4 Å². The molecule has 19 heavy (non-hydrogen) atoms. The summed E-state index contributed by atoms with van der Waals surface area (Å²) in [5.74, 6) is 0.817. The summed E-state index contributed by atoms with van der Waals surface area (Å²) in [5, 5.41) is 14.1. The Morgan fingerprint density at radius 1 is 1.42 bits per heavy atom. The van der Waals surface area contributed by atoms with Crippen molar-refractivity contribution in [3.05, 3.63) is 28.3 Å². The van der Waals surface area contributed by atoms with E-state index in [1.807, 2.05) is 0 Å². The van der Waals surface area contributed by atoms with Crippen LogP contribution in [0.3, 0.4) is 0 Å². The second kappa shape index (κ2) is 5.91. The monoisotopic (exact) mass is 266 g/mol. The number of hydrogen-bond donors (Lipinski definition) is 1. The highest BCUT2D eigenvalue weighted by Gasteiger charge is 2.22. The van der Waals surface area contributed by atoms with E-state index >= 15 is 0 Å². The van der Waals surface area contributed by atoms with Gasteiger partial charge in [-0.05, 0) is 17.4 Å². The normalized spacial score (nSPS) is 11.5. The lowest BCUT2D eigenvalue weighted by atomic mass is 9.81. The molecule has 0 amide bonds. The summed E-state index contributed by atoms with van der Waals surface area (Å²) in [6.45, 7) is 9.53. The molecule has 1 aromatic rings. The first-order valence-electron chi connectivity index (χ1n) is 6.34. The van der Waals surface area contributed by atoms with Gasteiger partial charge < -0.3 is 10.1 Å². The van der Waals surface area contributed by atoms with Gasteiger partial charge in [0.15, 0.2) is 5.75 Å². The average Bonchev–Trinajstić information content (AvgIpc) is 2.35. The lowest BCUT2D eigenvalue weighted by Gasteiger charge is -2.29. The molecule has 0 saturated carbocycles. The van der Waals surface area contributed by atoms with Gasteiger partial charge in [0.2, 0.25) is 0 Å². The highest BCUT2D eigenvalue weighted by atomic mass is 16.6. The largest absolute Gasteiger partial charge is 0.490 e. The molecule has 5 nitrogen and oxygen atoms in total. The van der Waals surface area contributed by atoms with Crippen LogP contribution in [0.1, 0.15) is 27.7 Å². The topological polar surface area (TPSA) is 64.4 Å². The number of nitro groups is 1. The second-order valence-corrected chi connectivity index (χ2v) is 5.64. The summed E-state index contributed by atoms with van der Waals surface area (Å²) in [7, 11) is 1.43. The maximum atomic E-state index is 10.8. The van der Waals surface area contributed by atoms with Crippen molar-refractivity contribution in [2.75, 3.05) is 19.0 Å². The van der Waals surface area contributed by atoms with Crippen LogP contribution in [0, 0.1) is 21.4 Å². The summed E-state index contributed by atoms with van der Waals surface area (Å²) in [6.07, 6.45) is 0. The second-order valence-electron chi connectivity index (χ2n) is 5.64. The van der Waals surface area contributed by atoms with Crippen molar-refractivity contribution < 1.29 is 9.66 Å². The predicted molar refractivity (Wildman–Crippen MR) is 76.8 cm³/mol. The Balaban J connectivity index is 2.84. The van der Waals surface area contributed by atoms with E-state index in [2.05, 4.69) is 33.0 Å². The van der Waals surface area contributed by atoms with E-state index in [1.165, 1.54) is 13.2 Å². The van der Waals surface area contributed by atoms with Gasteiger partial charge in [0.05, 0.1) is 12.0 Å². The van der Waals surface area contributed by atoms with Gasteiger partial charge in [0.1, 0.15) is 0 Å². The summed E-state index contributed by atoms with van der Waals surface area (Å²) < 4.78 is 5.05. The number of hydrogen-bond acceptors (Lipinski definition) is 4. The van der Waals surface area contributed by atoms with Gasteiger partial charge in [-0.2, -0.15) is 0 Å². The highest BCUT2D eigenvalue weighted by Crippen LogP contribution is 2.31. The Morgan fingerprint density at radius 3 is 2.53 bits per heavy atom. The van der Waals surface area contributed by atoms with Crippen molar-refractivity contribution in [3.63, 3.8) is 0 Å². The van der Waals surface area contributed by atoms with Crippen molar-refractivity contribution in [1.82, 2.24) is 0 Å². The molecule has 0 unspecified atom stereocenters. The number of nitrogens with one attached hydrogen (secondary N) is 1. The molecule has 0 heterocycles. The Bertz CT molecular complexity index is 456. The van der Waals surface area contributed by atoms with Crippen LogP contribution in [0.5, 0.6) is 5.75 Å². The third kappa shape index (κ3) is 3.84. The first-order chi connectivity index (χ1) is 8.77. The molecular weight excluding hydrogens is 244 g/mol. The fourth-order valence-electron chi connectivity index (χ4n) is 1.47. The number of nitrogens with zero attached hydrogens (tertiary/aromatic N) is 1. The molecule has 0 aliphatic rings. The number of methoxy groups -OCH3 is 1. The first-order valence-corrected chi connectivity index (χ1v) is 6.34. The smallest absolute Gasteiger partial charge is 0.311 e. The van der Waals surface area contributed by atoms with Crippen LogP contribution in [-0.2, 0) is 0 Å². The SMILES string of the molecule is COc1cc(NCC(C)(C)C(C)C)ccc1[N+](=O)[O-]. The fourth-order valence-corrected chi connectivity index (χ4v) is 1.47. The molecule has 0 bridgehead atoms. The molecule has 1 rings (SSSR count). The quantitative estimate of drug-likeness (QED) is 0.630. The maximum Gasteiger partial charge on any atom is 0.311 e. The average molecular weight is 266 g/mol. The van der Waals surface area contributed by atoms with Crippen molar-refractivity contribution in [3.8, 4) is 5.75 Å². The van der Waals surface area contributed by atoms with Crippen LogP contribution < -0.4 is 10.1 Å². The van der Waals surface area contributed by atoms with E-state index in [9.17, 15) is 10.1 Å². The summed E-state index contributed by atoms with van der Waals surface area (Å²) in [4.78, 5) is 10.4. The molecule has 0 radical (unpaired) electrons. The Labute approximate surface area is 114 Å². The van der Waals surface area contributed by atoms with Gasteiger partial charge in [-0.1, -0.05) is 27.7 Å². The Hall–Kier alpha value is -1.78. The number of anilines is 1. The predicted octanol–water partition coefficient (Wildman–Crippen LogP) is 3.70. The lowest BCUT2D eigenvalue weighted by molar-refractivity contribution is -0.385. The zero-order valence-corrected chi connectivity index (χ0v) is 12.2. The number of rotatable bonds is 6. The molecule has 5 heteroatoms. The maximum absolute atomic E-state index is 10.8. The molecule has 0 aliphatic heterocycles. The van der Waals surface area contributed by atoms with Crippen LogP contribution in [0.15, 0.2) is 18.2 Å². The molecule has 1 N–H and O–H groups in total. The zero-order valence-electron chi connectivity index (χ0n) is 12.2. The first kappa shape index (κ1) is 15.3. The molecule has 0 fully saturated rings. The standard InChI is InChI=1S/C14H22N2O3/c1-10(2)14(3,4)9-15-11-6-7-12(16(17)18)13(8-11)19-5/h6-8,10,15H,9H2,1-5H3. The third-order valence-electron chi connectivity index (χ3n) is 3.69. The molecule has 0 aliphatic carbocycles. The van der Waals surface area contributed by atoms with Crippen LogP contribution in [0.25, 0.3) is 0 Å². The summed E-state index contributed by atoms with van der Waals surface area (Å²) in [5.41, 5.74) is 0.960. The molecule has 1 aromatic carbocycles. The van der Waals surface area contributed by atoms with Gasteiger partial charge in [-0.25, -0.2) is 0 Å². The van der Waals surface area contributed by atoms with Gasteiger partial charge >= 0.3 is 5.69 Å². The van der Waals surface area contributed by atoms with E-state index in [4.69, 9.17) is 4.74 Å². The molecule has 0 saturated heterocycles. The highest BCUT2D eigenvalue weighted by molar-refractivity contribution is 5.58. The van der Waals surface area contributed by atoms with Crippen molar-refractivity contribution in [2.24, 2.45) is 11.3 Å². The summed E-state index contributed by atoms with van der Waals surface area (Å²) in [6, 6.07) is 4.83. The Kier molecular flexibility index (Phi) is 4.75. The molecular formula is C14H22N2O3. The van der Waals surface area contributed by atoms with Gasteiger partial charge in [0.25, 0.3) is 0 Å². The van der Waals surface area contributed by atoms with Gasteiger partial charge in [-0.3, -0.25) is 10.1 Å². The van der Waals surface area contributed by atoms with Crippen LogP contribution in [0.4, 0.5) is 11.4 Å². The minimum atomic E-state index is -0.444. The molecule has 106 valence electrons. The third-order valence-corrected chi connectivity index (χ3v) is 3.69. The minimum Gasteiger partial charge on any atom is -0.490 e. The van der Waals surface area contributed by atoms with E-state index in [0.717, 1.165) is 12.2 Å².